The highest BCUT2D eigenvalue weighted by Gasteiger charge is 2.26. The molecule has 0 bridgehead atoms. The Bertz CT molecular complexity index is 790. The number of carboxylic acid groups (broad SMARTS) is 1. The number of carbonyl (C=O) groups is 2. The zero-order valence-corrected chi connectivity index (χ0v) is 15.0. The van der Waals surface area contributed by atoms with Crippen LogP contribution in [0.25, 0.3) is 11.1 Å². The number of hydrogen-bond acceptors (Lipinski definition) is 3. The van der Waals surface area contributed by atoms with Gasteiger partial charge in [0.1, 0.15) is 0 Å². The summed E-state index contributed by atoms with van der Waals surface area (Å²) in [5.41, 5.74) is 2.04. The fraction of sp³-hybridized carbons (Fsp3) is 0.300. The first-order chi connectivity index (χ1) is 12.1. The molecule has 4 nitrogen and oxygen atoms in total. The van der Waals surface area contributed by atoms with Crippen LogP contribution >= 0.6 is 11.8 Å². The quantitative estimate of drug-likeness (QED) is 0.900. The van der Waals surface area contributed by atoms with Gasteiger partial charge in [0.15, 0.2) is 0 Å². The van der Waals surface area contributed by atoms with Crippen molar-refractivity contribution in [1.29, 1.82) is 0 Å². The van der Waals surface area contributed by atoms with Crippen LogP contribution in [0.3, 0.4) is 0 Å². The highest BCUT2D eigenvalue weighted by Crippen LogP contribution is 2.29. The number of carboxylic acids is 1. The van der Waals surface area contributed by atoms with Crippen LogP contribution in [-0.4, -0.2) is 46.0 Å². The Balaban J connectivity index is 2.00. The van der Waals surface area contributed by atoms with Gasteiger partial charge in [-0.15, -0.1) is 0 Å². The second kappa shape index (κ2) is 7.74. The van der Waals surface area contributed by atoms with Crippen LogP contribution in [0.15, 0.2) is 48.5 Å². The number of hydrogen-bond donors (Lipinski definition) is 1. The third-order valence-electron chi connectivity index (χ3n) is 4.49. The largest absolute Gasteiger partial charge is 0.478 e. The number of aromatic carboxylic acids is 1. The van der Waals surface area contributed by atoms with Gasteiger partial charge in [-0.25, -0.2) is 4.79 Å². The first-order valence-corrected chi connectivity index (χ1v) is 9.49. The molecule has 130 valence electrons. The summed E-state index contributed by atoms with van der Waals surface area (Å²) in [6.45, 7) is 3.62. The van der Waals surface area contributed by atoms with Gasteiger partial charge < -0.3 is 10.0 Å². The summed E-state index contributed by atoms with van der Waals surface area (Å²) < 4.78 is 0. The summed E-state index contributed by atoms with van der Waals surface area (Å²) in [6.07, 6.45) is 1.04. The van der Waals surface area contributed by atoms with E-state index in [1.165, 1.54) is 0 Å². The fourth-order valence-corrected chi connectivity index (χ4v) is 4.31. The van der Waals surface area contributed by atoms with Crippen molar-refractivity contribution < 1.29 is 14.7 Å². The molecule has 0 saturated carbocycles. The molecule has 1 unspecified atom stereocenters. The van der Waals surface area contributed by atoms with Crippen LogP contribution < -0.4 is 0 Å². The monoisotopic (exact) mass is 355 g/mol. The minimum absolute atomic E-state index is 0.0189. The number of rotatable bonds is 4. The molecule has 0 aliphatic carbocycles. The van der Waals surface area contributed by atoms with Crippen molar-refractivity contribution in [2.45, 2.75) is 18.6 Å². The van der Waals surface area contributed by atoms with Gasteiger partial charge in [0, 0.05) is 29.7 Å². The second-order valence-electron chi connectivity index (χ2n) is 6.05. The van der Waals surface area contributed by atoms with E-state index in [2.05, 4.69) is 6.92 Å². The summed E-state index contributed by atoms with van der Waals surface area (Å²) in [5.74, 6) is -0.0641. The fourth-order valence-electron chi connectivity index (χ4n) is 3.13. The van der Waals surface area contributed by atoms with E-state index in [0.29, 0.717) is 21.9 Å². The van der Waals surface area contributed by atoms with Gasteiger partial charge in [-0.2, -0.15) is 11.8 Å². The average Bonchev–Trinajstić information content (AvgIpc) is 2.67. The summed E-state index contributed by atoms with van der Waals surface area (Å²) in [7, 11) is 0. The van der Waals surface area contributed by atoms with Crippen LogP contribution in [0, 0.1) is 0 Å². The predicted octanol–water partition coefficient (Wildman–Crippen LogP) is 4.02. The summed E-state index contributed by atoms with van der Waals surface area (Å²) in [5, 5.41) is 9.94. The van der Waals surface area contributed by atoms with Gasteiger partial charge >= 0.3 is 5.97 Å². The summed E-state index contributed by atoms with van der Waals surface area (Å²) >= 11 is 1.91. The Morgan fingerprint density at radius 2 is 1.68 bits per heavy atom. The zero-order chi connectivity index (χ0) is 17.8. The standard InChI is InChI=1S/C20H21NO3S/c1-2-14-13-21(11-12-25-14)19(22)17-9-5-3-7-15(17)16-8-4-6-10-18(16)20(23)24/h3-10,14H,2,11-13H2,1H3,(H,23,24). The van der Waals surface area contributed by atoms with Crippen molar-refractivity contribution in [3.63, 3.8) is 0 Å². The lowest BCUT2D eigenvalue weighted by Gasteiger charge is -2.32. The third kappa shape index (κ3) is 3.71. The lowest BCUT2D eigenvalue weighted by molar-refractivity contribution is 0.0695. The van der Waals surface area contributed by atoms with Gasteiger partial charge in [-0.1, -0.05) is 43.3 Å². The summed E-state index contributed by atoms with van der Waals surface area (Å²) in [4.78, 5) is 26.6. The van der Waals surface area contributed by atoms with Gasteiger partial charge in [0.25, 0.3) is 5.91 Å². The molecule has 1 saturated heterocycles. The van der Waals surface area contributed by atoms with E-state index >= 15 is 0 Å². The number of amides is 1. The van der Waals surface area contributed by atoms with Crippen LogP contribution in [-0.2, 0) is 0 Å². The maximum atomic E-state index is 13.1. The molecule has 1 atom stereocenters. The minimum Gasteiger partial charge on any atom is -0.478 e. The molecule has 25 heavy (non-hydrogen) atoms. The molecule has 1 amide bonds. The van der Waals surface area contributed by atoms with Gasteiger partial charge in [-0.3, -0.25) is 4.79 Å². The maximum Gasteiger partial charge on any atom is 0.336 e. The molecule has 1 fully saturated rings. The number of carbonyl (C=O) groups excluding carboxylic acids is 1. The van der Waals surface area contributed by atoms with E-state index in [0.717, 1.165) is 25.3 Å². The van der Waals surface area contributed by atoms with Crippen molar-refractivity contribution in [2.24, 2.45) is 0 Å². The molecule has 1 aliphatic rings. The molecule has 2 aromatic carbocycles. The first kappa shape index (κ1) is 17.5. The number of thioether (sulfide) groups is 1. The Morgan fingerprint density at radius 1 is 1.08 bits per heavy atom. The summed E-state index contributed by atoms with van der Waals surface area (Å²) in [6, 6.07) is 14.1. The normalized spacial score (nSPS) is 17.3. The van der Waals surface area contributed by atoms with Crippen LogP contribution in [0.4, 0.5) is 0 Å². The predicted molar refractivity (Wildman–Crippen MR) is 101 cm³/mol. The van der Waals surface area contributed by atoms with Crippen LogP contribution in [0.2, 0.25) is 0 Å². The van der Waals surface area contributed by atoms with Crippen molar-refractivity contribution >= 4 is 23.6 Å². The minimum atomic E-state index is -0.988. The first-order valence-electron chi connectivity index (χ1n) is 8.44. The van der Waals surface area contributed by atoms with Crippen molar-refractivity contribution in [2.75, 3.05) is 18.8 Å². The van der Waals surface area contributed by atoms with Crippen molar-refractivity contribution in [3.05, 3.63) is 59.7 Å². The topological polar surface area (TPSA) is 57.6 Å². The van der Waals surface area contributed by atoms with Gasteiger partial charge in [0.05, 0.1) is 5.56 Å². The van der Waals surface area contributed by atoms with E-state index in [1.807, 2.05) is 34.9 Å². The smallest absolute Gasteiger partial charge is 0.336 e. The Labute approximate surface area is 151 Å². The molecular formula is C20H21NO3S. The Hall–Kier alpha value is -2.27. The molecule has 0 spiro atoms. The van der Waals surface area contributed by atoms with E-state index in [4.69, 9.17) is 0 Å². The van der Waals surface area contributed by atoms with Gasteiger partial charge in [-0.05, 0) is 29.7 Å². The Kier molecular flexibility index (Phi) is 5.43. The van der Waals surface area contributed by atoms with E-state index < -0.39 is 5.97 Å². The van der Waals surface area contributed by atoms with Crippen molar-refractivity contribution in [1.82, 2.24) is 4.90 Å². The molecule has 0 radical (unpaired) electrons. The highest BCUT2D eigenvalue weighted by atomic mass is 32.2. The number of nitrogens with zero attached hydrogens (tertiary/aromatic N) is 1. The molecule has 2 aromatic rings. The van der Waals surface area contributed by atoms with Crippen LogP contribution in [0.1, 0.15) is 34.1 Å². The van der Waals surface area contributed by atoms with Crippen molar-refractivity contribution in [3.8, 4) is 11.1 Å². The van der Waals surface area contributed by atoms with E-state index in [1.54, 1.807) is 30.3 Å². The Morgan fingerprint density at radius 3 is 2.32 bits per heavy atom. The average molecular weight is 355 g/mol. The second-order valence-corrected chi connectivity index (χ2v) is 7.46. The highest BCUT2D eigenvalue weighted by molar-refractivity contribution is 8.00. The molecule has 5 heteroatoms. The van der Waals surface area contributed by atoms with Crippen LogP contribution in [0.5, 0.6) is 0 Å². The lowest BCUT2D eigenvalue weighted by atomic mass is 9.94. The SMILES string of the molecule is CCC1CN(C(=O)c2ccccc2-c2ccccc2C(=O)O)CCS1. The zero-order valence-electron chi connectivity index (χ0n) is 14.1. The maximum absolute atomic E-state index is 13.1. The van der Waals surface area contributed by atoms with Gasteiger partial charge in [0.2, 0.25) is 0 Å². The molecule has 1 N–H and O–H groups in total. The third-order valence-corrected chi connectivity index (χ3v) is 5.86. The lowest BCUT2D eigenvalue weighted by Crippen LogP contribution is -2.41. The van der Waals surface area contributed by atoms with E-state index in [9.17, 15) is 14.7 Å². The number of benzene rings is 2. The molecule has 0 aromatic heterocycles. The van der Waals surface area contributed by atoms with E-state index in [-0.39, 0.29) is 11.5 Å². The molecule has 1 aliphatic heterocycles. The molecular weight excluding hydrogens is 334 g/mol. The molecule has 3 rings (SSSR count). The molecule has 1 heterocycles.